The summed E-state index contributed by atoms with van der Waals surface area (Å²) < 4.78 is 12.3. The van der Waals surface area contributed by atoms with E-state index < -0.39 is 0 Å². The normalized spacial score (nSPS) is 11.2. The Morgan fingerprint density at radius 2 is 2.17 bits per heavy atom. The van der Waals surface area contributed by atoms with Gasteiger partial charge in [0, 0.05) is 18.7 Å². The van der Waals surface area contributed by atoms with Gasteiger partial charge in [-0.2, -0.15) is 11.3 Å². The molecular weight excluding hydrogens is 340 g/mol. The van der Waals surface area contributed by atoms with Crippen molar-refractivity contribution in [2.75, 3.05) is 13.2 Å². The average Bonchev–Trinajstić information content (AvgIpc) is 3.33. The van der Waals surface area contributed by atoms with E-state index in [2.05, 4.69) is 27.3 Å². The molecule has 1 N–H and O–H groups in total. The van der Waals surface area contributed by atoms with E-state index in [4.69, 9.17) is 9.26 Å². The number of ether oxygens (including phenoxy) is 1. The van der Waals surface area contributed by atoms with E-state index in [1.54, 1.807) is 22.7 Å². The summed E-state index contributed by atoms with van der Waals surface area (Å²) in [6, 6.07) is 12.1. The molecule has 3 heterocycles. The van der Waals surface area contributed by atoms with Crippen LogP contribution in [0.1, 0.15) is 5.56 Å². The number of hydrogen-bond donors (Lipinski definition) is 1. The van der Waals surface area contributed by atoms with E-state index in [1.807, 2.05) is 35.7 Å². The van der Waals surface area contributed by atoms with E-state index in [9.17, 15) is 0 Å². The standard InChI is InChI=1S/C18H16N2O2S2/c1-2-14(17-18-16(22-20-17)5-9-24-18)10-15(3-1)21-7-6-19-11-13-4-8-23-12-13/h1-5,8-10,12,19H,6-7,11H2. The van der Waals surface area contributed by atoms with Crippen LogP contribution in [0.25, 0.3) is 21.5 Å². The molecule has 0 bridgehead atoms. The van der Waals surface area contributed by atoms with Crippen molar-refractivity contribution < 1.29 is 9.26 Å². The van der Waals surface area contributed by atoms with Crippen molar-refractivity contribution in [1.29, 1.82) is 0 Å². The molecule has 0 fully saturated rings. The summed E-state index contributed by atoms with van der Waals surface area (Å²) in [5, 5.41) is 13.8. The highest BCUT2D eigenvalue weighted by Crippen LogP contribution is 2.33. The molecule has 4 aromatic rings. The fourth-order valence-electron chi connectivity index (χ4n) is 2.46. The van der Waals surface area contributed by atoms with Gasteiger partial charge in [0.2, 0.25) is 0 Å². The molecule has 6 heteroatoms. The Labute approximate surface area is 147 Å². The summed E-state index contributed by atoms with van der Waals surface area (Å²) in [6.07, 6.45) is 0. The second kappa shape index (κ2) is 7.17. The summed E-state index contributed by atoms with van der Waals surface area (Å²) in [7, 11) is 0. The van der Waals surface area contributed by atoms with Gasteiger partial charge < -0.3 is 14.6 Å². The monoisotopic (exact) mass is 356 g/mol. The van der Waals surface area contributed by atoms with Crippen LogP contribution < -0.4 is 10.1 Å². The van der Waals surface area contributed by atoms with E-state index >= 15 is 0 Å². The van der Waals surface area contributed by atoms with Crippen LogP contribution in [0, 0.1) is 0 Å². The Morgan fingerprint density at radius 1 is 1.17 bits per heavy atom. The van der Waals surface area contributed by atoms with Gasteiger partial charge in [-0.1, -0.05) is 17.3 Å². The topological polar surface area (TPSA) is 47.3 Å². The Kier molecular flexibility index (Phi) is 4.60. The van der Waals surface area contributed by atoms with Crippen molar-refractivity contribution in [3.63, 3.8) is 0 Å². The number of rotatable bonds is 7. The third-order valence-electron chi connectivity index (χ3n) is 3.64. The molecule has 0 aliphatic carbocycles. The number of aromatic nitrogens is 1. The van der Waals surface area contributed by atoms with Crippen LogP contribution >= 0.6 is 22.7 Å². The van der Waals surface area contributed by atoms with Crippen molar-refractivity contribution in [3.8, 4) is 17.0 Å². The number of benzene rings is 1. The summed E-state index contributed by atoms with van der Waals surface area (Å²) in [6.45, 7) is 2.31. The van der Waals surface area contributed by atoms with Crippen LogP contribution in [0.15, 0.2) is 57.1 Å². The molecule has 0 spiro atoms. The van der Waals surface area contributed by atoms with E-state index in [-0.39, 0.29) is 0 Å². The predicted octanol–water partition coefficient (Wildman–Crippen LogP) is 4.79. The predicted molar refractivity (Wildman–Crippen MR) is 98.8 cm³/mol. The molecule has 1 aromatic carbocycles. The highest BCUT2D eigenvalue weighted by atomic mass is 32.1. The molecule has 0 saturated heterocycles. The first-order chi connectivity index (χ1) is 11.9. The van der Waals surface area contributed by atoms with Gasteiger partial charge in [0.25, 0.3) is 0 Å². The van der Waals surface area contributed by atoms with Crippen LogP contribution in [-0.2, 0) is 6.54 Å². The maximum absolute atomic E-state index is 5.84. The minimum Gasteiger partial charge on any atom is -0.492 e. The molecule has 0 aliphatic heterocycles. The minimum absolute atomic E-state index is 0.626. The Hall–Kier alpha value is -2.15. The molecule has 0 radical (unpaired) electrons. The minimum atomic E-state index is 0.626. The van der Waals surface area contributed by atoms with Crippen LogP contribution in [0.2, 0.25) is 0 Å². The number of nitrogens with one attached hydrogen (secondary N) is 1. The fraction of sp³-hybridized carbons (Fsp3) is 0.167. The number of nitrogens with zero attached hydrogens (tertiary/aromatic N) is 1. The largest absolute Gasteiger partial charge is 0.492 e. The number of hydrogen-bond acceptors (Lipinski definition) is 6. The van der Waals surface area contributed by atoms with Crippen molar-refractivity contribution in [3.05, 3.63) is 58.1 Å². The van der Waals surface area contributed by atoms with Gasteiger partial charge in [0.05, 0.1) is 0 Å². The maximum Gasteiger partial charge on any atom is 0.178 e. The highest BCUT2D eigenvalue weighted by molar-refractivity contribution is 7.17. The van der Waals surface area contributed by atoms with Crippen molar-refractivity contribution >= 4 is 33.0 Å². The summed E-state index contributed by atoms with van der Waals surface area (Å²) in [5.41, 5.74) is 4.04. The van der Waals surface area contributed by atoms with Crippen LogP contribution in [-0.4, -0.2) is 18.3 Å². The van der Waals surface area contributed by atoms with Gasteiger partial charge in [-0.3, -0.25) is 0 Å². The maximum atomic E-state index is 5.84. The fourth-order valence-corrected chi connectivity index (χ4v) is 3.95. The molecule has 122 valence electrons. The third kappa shape index (κ3) is 3.36. The van der Waals surface area contributed by atoms with Gasteiger partial charge in [0.1, 0.15) is 22.8 Å². The van der Waals surface area contributed by atoms with Gasteiger partial charge in [-0.15, -0.1) is 11.3 Å². The van der Waals surface area contributed by atoms with E-state index in [0.717, 1.165) is 40.4 Å². The van der Waals surface area contributed by atoms with E-state index in [0.29, 0.717) is 6.61 Å². The smallest absolute Gasteiger partial charge is 0.178 e. The molecule has 24 heavy (non-hydrogen) atoms. The summed E-state index contributed by atoms with van der Waals surface area (Å²) in [4.78, 5) is 0. The first-order valence-corrected chi connectivity index (χ1v) is 9.50. The van der Waals surface area contributed by atoms with Crippen LogP contribution in [0.4, 0.5) is 0 Å². The first kappa shape index (κ1) is 15.4. The zero-order valence-electron chi connectivity index (χ0n) is 12.9. The lowest BCUT2D eigenvalue weighted by molar-refractivity contribution is 0.314. The van der Waals surface area contributed by atoms with Gasteiger partial charge in [0.15, 0.2) is 5.58 Å². The zero-order chi connectivity index (χ0) is 16.2. The van der Waals surface area contributed by atoms with Crippen molar-refractivity contribution in [2.24, 2.45) is 0 Å². The Morgan fingerprint density at radius 3 is 3.08 bits per heavy atom. The Balaban J connectivity index is 1.35. The third-order valence-corrected chi connectivity index (χ3v) is 5.28. The summed E-state index contributed by atoms with van der Waals surface area (Å²) >= 11 is 3.36. The molecule has 0 aliphatic rings. The quantitative estimate of drug-likeness (QED) is 0.484. The van der Waals surface area contributed by atoms with Gasteiger partial charge in [-0.05, 0) is 46.0 Å². The number of fused-ring (bicyclic) bond motifs is 1. The van der Waals surface area contributed by atoms with Gasteiger partial charge >= 0.3 is 0 Å². The second-order valence-electron chi connectivity index (χ2n) is 5.33. The number of thiophene rings is 2. The van der Waals surface area contributed by atoms with Crippen molar-refractivity contribution in [2.45, 2.75) is 6.54 Å². The van der Waals surface area contributed by atoms with Crippen molar-refractivity contribution in [1.82, 2.24) is 10.5 Å². The molecule has 4 rings (SSSR count). The average molecular weight is 356 g/mol. The molecule has 3 aromatic heterocycles. The second-order valence-corrected chi connectivity index (χ2v) is 7.03. The molecule has 0 atom stereocenters. The van der Waals surface area contributed by atoms with Gasteiger partial charge in [-0.25, -0.2) is 0 Å². The molecule has 0 saturated carbocycles. The molecular formula is C18H16N2O2S2. The highest BCUT2D eigenvalue weighted by Gasteiger charge is 2.12. The Bertz CT molecular complexity index is 912. The lowest BCUT2D eigenvalue weighted by Crippen LogP contribution is -2.20. The molecule has 0 unspecified atom stereocenters. The summed E-state index contributed by atoms with van der Waals surface area (Å²) in [5.74, 6) is 0.845. The SMILES string of the molecule is c1cc(OCCNCc2ccsc2)cc(-c2noc3ccsc23)c1. The lowest BCUT2D eigenvalue weighted by Gasteiger charge is -2.08. The zero-order valence-corrected chi connectivity index (χ0v) is 14.5. The lowest BCUT2D eigenvalue weighted by atomic mass is 10.1. The van der Waals surface area contributed by atoms with E-state index in [1.165, 1.54) is 5.56 Å². The first-order valence-electron chi connectivity index (χ1n) is 7.68. The molecule has 4 nitrogen and oxygen atoms in total. The molecule has 0 amide bonds. The van der Waals surface area contributed by atoms with Crippen LogP contribution in [0.5, 0.6) is 5.75 Å². The van der Waals surface area contributed by atoms with Crippen LogP contribution in [0.3, 0.4) is 0 Å².